The minimum Gasteiger partial charge on any atom is -0.396 e. The van der Waals surface area contributed by atoms with E-state index in [0.29, 0.717) is 12.5 Å². The topological polar surface area (TPSA) is 61.3 Å². The molecular formula is C12H22N4O. The molecule has 0 radical (unpaired) electrons. The first-order chi connectivity index (χ1) is 7.84. The van der Waals surface area contributed by atoms with Crippen LogP contribution in [-0.4, -0.2) is 42.3 Å². The standard InChI is InChI=1S/C12H22N4O/c1-9-6-10(13-7-12(2,3)8-17)15-11(14-9)16(4)5/h6,17H,7-8H2,1-5H3,(H,13,14,15). The molecule has 0 saturated heterocycles. The number of hydrogen-bond donors (Lipinski definition) is 2. The van der Waals surface area contributed by atoms with Gasteiger partial charge in [0, 0.05) is 44.4 Å². The van der Waals surface area contributed by atoms with Crippen LogP contribution in [0.15, 0.2) is 6.07 Å². The molecular weight excluding hydrogens is 216 g/mol. The molecule has 0 spiro atoms. The van der Waals surface area contributed by atoms with Crippen molar-refractivity contribution in [2.24, 2.45) is 5.41 Å². The summed E-state index contributed by atoms with van der Waals surface area (Å²) in [6.07, 6.45) is 0. The Morgan fingerprint density at radius 1 is 1.35 bits per heavy atom. The van der Waals surface area contributed by atoms with E-state index in [9.17, 15) is 5.11 Å². The molecule has 1 heterocycles. The quantitative estimate of drug-likeness (QED) is 0.809. The maximum atomic E-state index is 9.19. The van der Waals surface area contributed by atoms with Crippen molar-refractivity contribution in [2.75, 3.05) is 37.5 Å². The molecule has 0 fully saturated rings. The Morgan fingerprint density at radius 3 is 2.53 bits per heavy atom. The van der Waals surface area contributed by atoms with Gasteiger partial charge in [0.05, 0.1) is 0 Å². The van der Waals surface area contributed by atoms with Gasteiger partial charge in [-0.2, -0.15) is 4.98 Å². The molecule has 0 aliphatic carbocycles. The van der Waals surface area contributed by atoms with Crippen LogP contribution in [0.3, 0.4) is 0 Å². The molecule has 5 heteroatoms. The van der Waals surface area contributed by atoms with E-state index < -0.39 is 0 Å². The number of nitrogens with one attached hydrogen (secondary N) is 1. The van der Waals surface area contributed by atoms with Crippen molar-refractivity contribution in [3.8, 4) is 0 Å². The maximum absolute atomic E-state index is 9.19. The first kappa shape index (κ1) is 13.7. The molecule has 0 aliphatic rings. The van der Waals surface area contributed by atoms with Crippen molar-refractivity contribution in [3.63, 3.8) is 0 Å². The van der Waals surface area contributed by atoms with E-state index in [4.69, 9.17) is 0 Å². The third-order valence-electron chi connectivity index (χ3n) is 2.42. The lowest BCUT2D eigenvalue weighted by Crippen LogP contribution is -2.27. The summed E-state index contributed by atoms with van der Waals surface area (Å²) in [6, 6.07) is 1.90. The molecule has 0 unspecified atom stereocenters. The number of aromatic nitrogens is 2. The van der Waals surface area contributed by atoms with E-state index in [1.165, 1.54) is 0 Å². The Morgan fingerprint density at radius 2 is 2.00 bits per heavy atom. The lowest BCUT2D eigenvalue weighted by Gasteiger charge is -2.22. The van der Waals surface area contributed by atoms with Crippen LogP contribution in [0.4, 0.5) is 11.8 Å². The van der Waals surface area contributed by atoms with E-state index in [-0.39, 0.29) is 12.0 Å². The molecule has 1 rings (SSSR count). The summed E-state index contributed by atoms with van der Waals surface area (Å²) in [4.78, 5) is 10.6. The third kappa shape index (κ3) is 4.19. The van der Waals surface area contributed by atoms with E-state index >= 15 is 0 Å². The van der Waals surface area contributed by atoms with Gasteiger partial charge in [-0.3, -0.25) is 0 Å². The fourth-order valence-electron chi connectivity index (χ4n) is 1.23. The molecule has 0 amide bonds. The summed E-state index contributed by atoms with van der Waals surface area (Å²) in [5.74, 6) is 1.48. The summed E-state index contributed by atoms with van der Waals surface area (Å²) in [5, 5.41) is 12.4. The number of aryl methyl sites for hydroxylation is 1. The highest BCUT2D eigenvalue weighted by atomic mass is 16.3. The van der Waals surface area contributed by atoms with Crippen molar-refractivity contribution in [1.29, 1.82) is 0 Å². The third-order valence-corrected chi connectivity index (χ3v) is 2.42. The lowest BCUT2D eigenvalue weighted by molar-refractivity contribution is 0.170. The monoisotopic (exact) mass is 238 g/mol. The normalized spacial score (nSPS) is 11.4. The van der Waals surface area contributed by atoms with Crippen LogP contribution in [0.1, 0.15) is 19.5 Å². The van der Waals surface area contributed by atoms with Crippen LogP contribution >= 0.6 is 0 Å². The van der Waals surface area contributed by atoms with Crippen molar-refractivity contribution in [1.82, 2.24) is 9.97 Å². The summed E-state index contributed by atoms with van der Waals surface area (Å²) >= 11 is 0. The van der Waals surface area contributed by atoms with Crippen LogP contribution in [0.25, 0.3) is 0 Å². The van der Waals surface area contributed by atoms with Gasteiger partial charge in [0.25, 0.3) is 0 Å². The predicted molar refractivity (Wildman–Crippen MR) is 70.5 cm³/mol. The second-order valence-corrected chi connectivity index (χ2v) is 5.26. The molecule has 96 valence electrons. The molecule has 0 aromatic carbocycles. The molecule has 0 bridgehead atoms. The zero-order valence-corrected chi connectivity index (χ0v) is 11.3. The van der Waals surface area contributed by atoms with E-state index in [2.05, 4.69) is 15.3 Å². The maximum Gasteiger partial charge on any atom is 0.226 e. The fourth-order valence-corrected chi connectivity index (χ4v) is 1.23. The highest BCUT2D eigenvalue weighted by Gasteiger charge is 2.16. The average molecular weight is 238 g/mol. The smallest absolute Gasteiger partial charge is 0.226 e. The van der Waals surface area contributed by atoms with Gasteiger partial charge in [0.2, 0.25) is 5.95 Å². The second kappa shape index (κ2) is 5.31. The van der Waals surface area contributed by atoms with E-state index in [1.54, 1.807) is 0 Å². The van der Waals surface area contributed by atoms with E-state index in [0.717, 1.165) is 11.5 Å². The van der Waals surface area contributed by atoms with E-state index in [1.807, 2.05) is 45.8 Å². The highest BCUT2D eigenvalue weighted by molar-refractivity contribution is 5.42. The Balaban J connectivity index is 2.78. The van der Waals surface area contributed by atoms with Crippen molar-refractivity contribution >= 4 is 11.8 Å². The summed E-state index contributed by atoms with van der Waals surface area (Å²) in [7, 11) is 3.83. The van der Waals surface area contributed by atoms with Crippen molar-refractivity contribution < 1.29 is 5.11 Å². The Bertz CT molecular complexity index is 377. The van der Waals surface area contributed by atoms with Crippen LogP contribution in [0.5, 0.6) is 0 Å². The SMILES string of the molecule is Cc1cc(NCC(C)(C)CO)nc(N(C)C)n1. The predicted octanol–water partition coefficient (Wildman–Crippen LogP) is 1.28. The van der Waals surface area contributed by atoms with Gasteiger partial charge in [-0.25, -0.2) is 4.98 Å². The average Bonchev–Trinajstić information content (AvgIpc) is 2.26. The van der Waals surface area contributed by atoms with Gasteiger partial charge in [-0.05, 0) is 6.92 Å². The van der Waals surface area contributed by atoms with Crippen LogP contribution < -0.4 is 10.2 Å². The van der Waals surface area contributed by atoms with Crippen molar-refractivity contribution in [2.45, 2.75) is 20.8 Å². The number of hydrogen-bond acceptors (Lipinski definition) is 5. The Hall–Kier alpha value is -1.36. The summed E-state index contributed by atoms with van der Waals surface area (Å²) in [5.41, 5.74) is 0.768. The van der Waals surface area contributed by atoms with Gasteiger partial charge in [-0.15, -0.1) is 0 Å². The molecule has 0 atom stereocenters. The second-order valence-electron chi connectivity index (χ2n) is 5.26. The van der Waals surface area contributed by atoms with Gasteiger partial charge in [-0.1, -0.05) is 13.8 Å². The van der Waals surface area contributed by atoms with Gasteiger partial charge < -0.3 is 15.3 Å². The minimum absolute atomic E-state index is 0.143. The first-order valence-corrected chi connectivity index (χ1v) is 5.72. The molecule has 17 heavy (non-hydrogen) atoms. The molecule has 5 nitrogen and oxygen atoms in total. The largest absolute Gasteiger partial charge is 0.396 e. The zero-order chi connectivity index (χ0) is 13.1. The fraction of sp³-hybridized carbons (Fsp3) is 0.667. The summed E-state index contributed by atoms with van der Waals surface area (Å²) < 4.78 is 0. The molecule has 1 aromatic heterocycles. The Labute approximate surface area is 103 Å². The minimum atomic E-state index is -0.156. The molecule has 1 aromatic rings. The highest BCUT2D eigenvalue weighted by Crippen LogP contribution is 2.16. The zero-order valence-electron chi connectivity index (χ0n) is 11.3. The van der Waals surface area contributed by atoms with Gasteiger partial charge in [0.1, 0.15) is 5.82 Å². The van der Waals surface area contributed by atoms with Crippen molar-refractivity contribution in [3.05, 3.63) is 11.8 Å². The molecule has 2 N–H and O–H groups in total. The van der Waals surface area contributed by atoms with Gasteiger partial charge in [0.15, 0.2) is 0 Å². The number of anilines is 2. The lowest BCUT2D eigenvalue weighted by atomic mass is 9.95. The van der Waals surface area contributed by atoms with Crippen LogP contribution in [-0.2, 0) is 0 Å². The number of nitrogens with zero attached hydrogens (tertiary/aromatic N) is 3. The van der Waals surface area contributed by atoms with Crippen LogP contribution in [0.2, 0.25) is 0 Å². The first-order valence-electron chi connectivity index (χ1n) is 5.72. The number of rotatable bonds is 5. The van der Waals surface area contributed by atoms with Gasteiger partial charge >= 0.3 is 0 Å². The Kier molecular flexibility index (Phi) is 4.28. The van der Waals surface area contributed by atoms with Crippen LogP contribution in [0, 0.1) is 12.3 Å². The molecule has 0 saturated carbocycles. The number of aliphatic hydroxyl groups excluding tert-OH is 1. The summed E-state index contributed by atoms with van der Waals surface area (Å²) in [6.45, 7) is 6.76. The molecule has 0 aliphatic heterocycles. The number of aliphatic hydroxyl groups is 1.